The maximum Gasteiger partial charge on any atom is 0.0816 e. The van der Waals surface area contributed by atoms with Gasteiger partial charge in [-0.1, -0.05) is 56.4 Å². The van der Waals surface area contributed by atoms with Gasteiger partial charge in [-0.05, 0) is 31.5 Å². The van der Waals surface area contributed by atoms with E-state index >= 15 is 0 Å². The van der Waals surface area contributed by atoms with Gasteiger partial charge in [-0.25, -0.2) is 0 Å². The molecule has 0 aliphatic carbocycles. The molecule has 0 radical (unpaired) electrons. The molecule has 0 saturated heterocycles. The molecule has 0 heterocycles. The van der Waals surface area contributed by atoms with Crippen molar-refractivity contribution in [3.63, 3.8) is 0 Å². The summed E-state index contributed by atoms with van der Waals surface area (Å²) in [7, 11) is 2.14. The molecule has 0 spiro atoms. The normalized spacial score (nSPS) is 12.9. The van der Waals surface area contributed by atoms with Crippen LogP contribution in [0.4, 0.5) is 0 Å². The average Bonchev–Trinajstić information content (AvgIpc) is 2.34. The Morgan fingerprint density at radius 1 is 1.28 bits per heavy atom. The van der Waals surface area contributed by atoms with Crippen LogP contribution in [-0.4, -0.2) is 30.0 Å². The summed E-state index contributed by atoms with van der Waals surface area (Å²) in [6.07, 6.45) is 1.20. The lowest BCUT2D eigenvalue weighted by Gasteiger charge is -2.24. The third-order valence-electron chi connectivity index (χ3n) is 3.13. The number of hydrogen-bond donors (Lipinski definition) is 1. The second kappa shape index (κ2) is 7.49. The van der Waals surface area contributed by atoms with Crippen LogP contribution in [0.5, 0.6) is 0 Å². The van der Waals surface area contributed by atoms with Crippen LogP contribution in [0.2, 0.25) is 0 Å². The van der Waals surface area contributed by atoms with Crippen molar-refractivity contribution in [1.29, 1.82) is 0 Å². The summed E-state index contributed by atoms with van der Waals surface area (Å²) in [4.78, 5) is 2.90. The molecule has 0 fully saturated rings. The van der Waals surface area contributed by atoms with Gasteiger partial charge in [0.25, 0.3) is 0 Å². The molecule has 0 aliphatic rings. The number of benzene rings is 1. The van der Waals surface area contributed by atoms with Crippen LogP contribution in [0.15, 0.2) is 30.3 Å². The van der Waals surface area contributed by atoms with Crippen molar-refractivity contribution in [3.8, 4) is 0 Å². The van der Waals surface area contributed by atoms with E-state index in [2.05, 4.69) is 37.9 Å². The monoisotopic (exact) mass is 264 g/mol. The van der Waals surface area contributed by atoms with E-state index in [9.17, 15) is 0 Å². The SMILES string of the molecule is CC(C)CCN(C)CC(C(N)=S)c1ccccc1. The highest BCUT2D eigenvalue weighted by Gasteiger charge is 2.16. The number of rotatable bonds is 7. The smallest absolute Gasteiger partial charge is 0.0816 e. The Hall–Kier alpha value is -0.930. The van der Waals surface area contributed by atoms with Gasteiger partial charge in [-0.2, -0.15) is 0 Å². The van der Waals surface area contributed by atoms with Crippen LogP contribution >= 0.6 is 12.2 Å². The van der Waals surface area contributed by atoms with E-state index < -0.39 is 0 Å². The first-order valence-electron chi connectivity index (χ1n) is 6.53. The fourth-order valence-electron chi connectivity index (χ4n) is 1.93. The van der Waals surface area contributed by atoms with E-state index in [4.69, 9.17) is 18.0 Å². The summed E-state index contributed by atoms with van der Waals surface area (Å²) >= 11 is 5.20. The van der Waals surface area contributed by atoms with E-state index in [-0.39, 0.29) is 5.92 Å². The van der Waals surface area contributed by atoms with E-state index in [0.717, 1.165) is 19.0 Å². The lowest BCUT2D eigenvalue weighted by molar-refractivity contribution is 0.308. The molecule has 18 heavy (non-hydrogen) atoms. The maximum absolute atomic E-state index is 5.88. The van der Waals surface area contributed by atoms with Crippen molar-refractivity contribution in [3.05, 3.63) is 35.9 Å². The van der Waals surface area contributed by atoms with Crippen LogP contribution in [0.3, 0.4) is 0 Å². The second-order valence-corrected chi connectivity index (χ2v) is 5.78. The minimum Gasteiger partial charge on any atom is -0.393 e. The van der Waals surface area contributed by atoms with E-state index in [1.165, 1.54) is 12.0 Å². The van der Waals surface area contributed by atoms with Gasteiger partial charge in [-0.15, -0.1) is 0 Å². The van der Waals surface area contributed by atoms with Crippen molar-refractivity contribution < 1.29 is 0 Å². The van der Waals surface area contributed by atoms with E-state index in [0.29, 0.717) is 4.99 Å². The van der Waals surface area contributed by atoms with Crippen molar-refractivity contribution in [2.24, 2.45) is 11.7 Å². The molecule has 0 amide bonds. The molecule has 0 saturated carbocycles. The third kappa shape index (κ3) is 5.15. The molecule has 1 atom stereocenters. The fraction of sp³-hybridized carbons (Fsp3) is 0.533. The first-order chi connectivity index (χ1) is 8.50. The van der Waals surface area contributed by atoms with Crippen molar-refractivity contribution in [2.45, 2.75) is 26.2 Å². The van der Waals surface area contributed by atoms with Gasteiger partial charge in [0, 0.05) is 12.5 Å². The Balaban J connectivity index is 2.62. The highest BCUT2D eigenvalue weighted by Crippen LogP contribution is 2.17. The van der Waals surface area contributed by atoms with Crippen LogP contribution < -0.4 is 5.73 Å². The van der Waals surface area contributed by atoms with Gasteiger partial charge >= 0.3 is 0 Å². The first-order valence-corrected chi connectivity index (χ1v) is 6.94. The summed E-state index contributed by atoms with van der Waals surface area (Å²) in [6, 6.07) is 10.3. The molecule has 1 aromatic rings. The molecular weight excluding hydrogens is 240 g/mol. The Bertz CT molecular complexity index is 362. The van der Waals surface area contributed by atoms with Crippen LogP contribution in [0.25, 0.3) is 0 Å². The largest absolute Gasteiger partial charge is 0.393 e. The number of likely N-dealkylation sites (N-methyl/N-ethyl adjacent to an activating group) is 1. The zero-order chi connectivity index (χ0) is 13.5. The molecule has 1 unspecified atom stereocenters. The quantitative estimate of drug-likeness (QED) is 0.768. The zero-order valence-corrected chi connectivity index (χ0v) is 12.4. The Morgan fingerprint density at radius 3 is 2.39 bits per heavy atom. The van der Waals surface area contributed by atoms with Gasteiger partial charge in [0.1, 0.15) is 0 Å². The van der Waals surface area contributed by atoms with Gasteiger partial charge in [0.15, 0.2) is 0 Å². The molecule has 2 N–H and O–H groups in total. The molecule has 2 nitrogen and oxygen atoms in total. The standard InChI is InChI=1S/C15H24N2S/c1-12(2)9-10-17(3)11-14(15(16)18)13-7-5-4-6-8-13/h4-8,12,14H,9-11H2,1-3H3,(H2,16,18). The number of thiocarbonyl (C=S) groups is 1. The summed E-state index contributed by atoms with van der Waals surface area (Å²) < 4.78 is 0. The maximum atomic E-state index is 5.88. The minimum absolute atomic E-state index is 0.151. The predicted molar refractivity (Wildman–Crippen MR) is 82.9 cm³/mol. The summed E-state index contributed by atoms with van der Waals surface area (Å²) in [5.41, 5.74) is 7.09. The molecule has 0 bridgehead atoms. The second-order valence-electron chi connectivity index (χ2n) is 5.31. The lowest BCUT2D eigenvalue weighted by Crippen LogP contribution is -2.32. The van der Waals surface area contributed by atoms with Gasteiger partial charge in [0.2, 0.25) is 0 Å². The highest BCUT2D eigenvalue weighted by molar-refractivity contribution is 7.80. The number of nitrogens with two attached hydrogens (primary N) is 1. The van der Waals surface area contributed by atoms with Crippen LogP contribution in [-0.2, 0) is 0 Å². The molecule has 3 heteroatoms. The predicted octanol–water partition coefficient (Wildman–Crippen LogP) is 3.03. The average molecular weight is 264 g/mol. The Kier molecular flexibility index (Phi) is 6.30. The molecule has 1 aromatic carbocycles. The zero-order valence-electron chi connectivity index (χ0n) is 11.6. The van der Waals surface area contributed by atoms with Gasteiger partial charge < -0.3 is 10.6 Å². The minimum atomic E-state index is 0.151. The molecular formula is C15H24N2S. The topological polar surface area (TPSA) is 29.3 Å². The van der Waals surface area contributed by atoms with Crippen molar-refractivity contribution in [2.75, 3.05) is 20.1 Å². The van der Waals surface area contributed by atoms with Gasteiger partial charge in [-0.3, -0.25) is 0 Å². The first kappa shape index (κ1) is 15.1. The van der Waals surface area contributed by atoms with Crippen LogP contribution in [0.1, 0.15) is 31.7 Å². The summed E-state index contributed by atoms with van der Waals surface area (Å²) in [5, 5.41) is 0. The van der Waals surface area contributed by atoms with Crippen molar-refractivity contribution >= 4 is 17.2 Å². The summed E-state index contributed by atoms with van der Waals surface area (Å²) in [5.74, 6) is 0.880. The third-order valence-corrected chi connectivity index (χ3v) is 3.41. The Morgan fingerprint density at radius 2 is 1.89 bits per heavy atom. The van der Waals surface area contributed by atoms with E-state index in [1.54, 1.807) is 0 Å². The molecule has 1 rings (SSSR count). The fourth-order valence-corrected chi connectivity index (χ4v) is 2.14. The number of hydrogen-bond acceptors (Lipinski definition) is 2. The molecule has 0 aromatic heterocycles. The van der Waals surface area contributed by atoms with Gasteiger partial charge in [0.05, 0.1) is 4.99 Å². The Labute approximate surface area is 116 Å². The van der Waals surface area contributed by atoms with Crippen molar-refractivity contribution in [1.82, 2.24) is 4.90 Å². The summed E-state index contributed by atoms with van der Waals surface area (Å²) in [6.45, 7) is 6.47. The lowest BCUT2D eigenvalue weighted by atomic mass is 9.98. The number of nitrogens with zero attached hydrogens (tertiary/aromatic N) is 1. The van der Waals surface area contributed by atoms with E-state index in [1.807, 2.05) is 18.2 Å². The molecule has 100 valence electrons. The van der Waals surface area contributed by atoms with Crippen LogP contribution in [0, 0.1) is 5.92 Å². The highest BCUT2D eigenvalue weighted by atomic mass is 32.1. The molecule has 0 aliphatic heterocycles.